The number of hydrogen-bond acceptors (Lipinski definition) is 3. The summed E-state index contributed by atoms with van der Waals surface area (Å²) < 4.78 is 0. The summed E-state index contributed by atoms with van der Waals surface area (Å²) in [6.07, 6.45) is 0. The van der Waals surface area contributed by atoms with Crippen LogP contribution in [0.4, 0.5) is 0 Å². The van der Waals surface area contributed by atoms with E-state index in [2.05, 4.69) is 23.8 Å². The van der Waals surface area contributed by atoms with Crippen LogP contribution >= 0.6 is 11.6 Å². The first-order chi connectivity index (χ1) is 8.06. The van der Waals surface area contributed by atoms with Crippen molar-refractivity contribution < 1.29 is 5.11 Å². The second kappa shape index (κ2) is 5.25. The number of piperazine rings is 1. The standard InChI is InChI=1S/C13H19ClN2O/c1-10-8-16(6-5-15(10)2)9-11-7-12(14)3-4-13(11)17/h3-4,7,10,17H,5-6,8-9H2,1-2H3. The van der Waals surface area contributed by atoms with Gasteiger partial charge in [-0.25, -0.2) is 0 Å². The van der Waals surface area contributed by atoms with Crippen molar-refractivity contribution in [3.63, 3.8) is 0 Å². The molecule has 1 unspecified atom stereocenters. The normalized spacial score (nSPS) is 22.9. The van der Waals surface area contributed by atoms with E-state index in [4.69, 9.17) is 11.6 Å². The quantitative estimate of drug-likeness (QED) is 0.877. The number of nitrogens with zero attached hydrogens (tertiary/aromatic N) is 2. The predicted octanol–water partition coefficient (Wildman–Crippen LogP) is 2.18. The van der Waals surface area contributed by atoms with E-state index in [1.807, 2.05) is 6.07 Å². The van der Waals surface area contributed by atoms with Crippen LogP contribution in [0.1, 0.15) is 12.5 Å². The first-order valence-corrected chi connectivity index (χ1v) is 6.34. The van der Waals surface area contributed by atoms with E-state index in [0.29, 0.717) is 16.8 Å². The number of phenols is 1. The molecule has 17 heavy (non-hydrogen) atoms. The van der Waals surface area contributed by atoms with E-state index in [-0.39, 0.29) is 0 Å². The Balaban J connectivity index is 2.03. The van der Waals surface area contributed by atoms with Crippen LogP contribution in [0.3, 0.4) is 0 Å². The molecule has 4 heteroatoms. The van der Waals surface area contributed by atoms with Crippen molar-refractivity contribution in [2.45, 2.75) is 19.5 Å². The van der Waals surface area contributed by atoms with Crippen LogP contribution in [0.15, 0.2) is 18.2 Å². The molecule has 2 rings (SSSR count). The Kier molecular flexibility index (Phi) is 3.92. The van der Waals surface area contributed by atoms with Crippen LogP contribution < -0.4 is 0 Å². The minimum Gasteiger partial charge on any atom is -0.508 e. The van der Waals surface area contributed by atoms with E-state index >= 15 is 0 Å². The highest BCUT2D eigenvalue weighted by atomic mass is 35.5. The number of rotatable bonds is 2. The van der Waals surface area contributed by atoms with E-state index in [0.717, 1.165) is 31.7 Å². The molecule has 0 aliphatic carbocycles. The van der Waals surface area contributed by atoms with Gasteiger partial charge in [0.1, 0.15) is 5.75 Å². The lowest BCUT2D eigenvalue weighted by Crippen LogP contribution is -2.49. The molecule has 3 nitrogen and oxygen atoms in total. The van der Waals surface area contributed by atoms with Crippen molar-refractivity contribution in [1.82, 2.24) is 9.80 Å². The van der Waals surface area contributed by atoms with Crippen molar-refractivity contribution in [2.75, 3.05) is 26.7 Å². The van der Waals surface area contributed by atoms with Crippen molar-refractivity contribution in [3.05, 3.63) is 28.8 Å². The number of benzene rings is 1. The molecular weight excluding hydrogens is 236 g/mol. The Morgan fingerprint density at radius 1 is 1.41 bits per heavy atom. The van der Waals surface area contributed by atoms with Gasteiger partial charge in [0.15, 0.2) is 0 Å². The number of phenolic OH excluding ortho intramolecular Hbond substituents is 1. The zero-order valence-corrected chi connectivity index (χ0v) is 11.1. The topological polar surface area (TPSA) is 26.7 Å². The van der Waals surface area contributed by atoms with Gasteiger partial charge in [-0.1, -0.05) is 11.6 Å². The Morgan fingerprint density at radius 2 is 2.18 bits per heavy atom. The molecule has 1 fully saturated rings. The molecule has 1 N–H and O–H groups in total. The van der Waals surface area contributed by atoms with Gasteiger partial charge < -0.3 is 10.0 Å². The van der Waals surface area contributed by atoms with Crippen LogP contribution in [0.5, 0.6) is 5.75 Å². The Hall–Kier alpha value is -0.770. The van der Waals surface area contributed by atoms with Gasteiger partial charge in [0.05, 0.1) is 0 Å². The van der Waals surface area contributed by atoms with Crippen LogP contribution in [-0.2, 0) is 6.54 Å². The molecule has 1 aromatic rings. The highest BCUT2D eigenvalue weighted by molar-refractivity contribution is 6.30. The Morgan fingerprint density at radius 3 is 2.88 bits per heavy atom. The zero-order chi connectivity index (χ0) is 12.4. The van der Waals surface area contributed by atoms with Gasteiger partial charge in [0, 0.05) is 42.8 Å². The Labute approximate surface area is 108 Å². The van der Waals surface area contributed by atoms with Crippen molar-refractivity contribution in [1.29, 1.82) is 0 Å². The predicted molar refractivity (Wildman–Crippen MR) is 70.5 cm³/mol. The summed E-state index contributed by atoms with van der Waals surface area (Å²) in [4.78, 5) is 4.71. The van der Waals surface area contributed by atoms with Gasteiger partial charge in [-0.3, -0.25) is 4.90 Å². The SMILES string of the molecule is CC1CN(Cc2cc(Cl)ccc2O)CCN1C. The average molecular weight is 255 g/mol. The van der Waals surface area contributed by atoms with Crippen LogP contribution in [0.25, 0.3) is 0 Å². The summed E-state index contributed by atoms with van der Waals surface area (Å²) in [6, 6.07) is 5.79. The molecule has 0 bridgehead atoms. The van der Waals surface area contributed by atoms with Gasteiger partial charge in [-0.2, -0.15) is 0 Å². The molecule has 0 saturated carbocycles. The Bertz CT molecular complexity index is 397. The second-order valence-electron chi connectivity index (χ2n) is 4.84. The molecule has 0 radical (unpaired) electrons. The summed E-state index contributed by atoms with van der Waals surface area (Å²) in [7, 11) is 2.15. The molecule has 1 aliphatic heterocycles. The van der Waals surface area contributed by atoms with Crippen molar-refractivity contribution in [3.8, 4) is 5.75 Å². The summed E-state index contributed by atoms with van der Waals surface area (Å²) in [5, 5.41) is 10.5. The zero-order valence-electron chi connectivity index (χ0n) is 10.4. The fraction of sp³-hybridized carbons (Fsp3) is 0.538. The summed E-state index contributed by atoms with van der Waals surface area (Å²) in [5.41, 5.74) is 0.911. The summed E-state index contributed by atoms with van der Waals surface area (Å²) in [6.45, 7) is 6.13. The number of aromatic hydroxyl groups is 1. The van der Waals surface area contributed by atoms with Crippen LogP contribution in [0, 0.1) is 0 Å². The maximum atomic E-state index is 9.79. The van der Waals surface area contributed by atoms with Gasteiger partial charge >= 0.3 is 0 Å². The largest absolute Gasteiger partial charge is 0.508 e. The first kappa shape index (κ1) is 12.7. The van der Waals surface area contributed by atoms with Gasteiger partial charge in [-0.05, 0) is 32.2 Å². The molecule has 1 atom stereocenters. The maximum Gasteiger partial charge on any atom is 0.120 e. The van der Waals surface area contributed by atoms with Crippen LogP contribution in [-0.4, -0.2) is 47.6 Å². The van der Waals surface area contributed by atoms with Crippen molar-refractivity contribution in [2.24, 2.45) is 0 Å². The third kappa shape index (κ3) is 3.12. The smallest absolute Gasteiger partial charge is 0.120 e. The van der Waals surface area contributed by atoms with E-state index < -0.39 is 0 Å². The molecular formula is C13H19ClN2O. The van der Waals surface area contributed by atoms with E-state index in [1.165, 1.54) is 0 Å². The van der Waals surface area contributed by atoms with Crippen LogP contribution in [0.2, 0.25) is 5.02 Å². The van der Waals surface area contributed by atoms with Gasteiger partial charge in [0.25, 0.3) is 0 Å². The number of hydrogen-bond donors (Lipinski definition) is 1. The molecule has 1 heterocycles. The summed E-state index contributed by atoms with van der Waals surface area (Å²) in [5.74, 6) is 0.334. The van der Waals surface area contributed by atoms with E-state index in [9.17, 15) is 5.11 Å². The molecule has 1 aliphatic rings. The highest BCUT2D eigenvalue weighted by Gasteiger charge is 2.21. The van der Waals surface area contributed by atoms with Gasteiger partial charge in [-0.15, -0.1) is 0 Å². The molecule has 94 valence electrons. The minimum atomic E-state index is 0.334. The maximum absolute atomic E-state index is 9.79. The number of halogens is 1. The van der Waals surface area contributed by atoms with Gasteiger partial charge in [0.2, 0.25) is 0 Å². The fourth-order valence-electron chi connectivity index (χ4n) is 2.19. The fourth-order valence-corrected chi connectivity index (χ4v) is 2.38. The minimum absolute atomic E-state index is 0.334. The lowest BCUT2D eigenvalue weighted by Gasteiger charge is -2.37. The lowest BCUT2D eigenvalue weighted by atomic mass is 10.1. The third-order valence-corrected chi connectivity index (χ3v) is 3.71. The monoisotopic (exact) mass is 254 g/mol. The number of likely N-dealkylation sites (N-methyl/N-ethyl adjacent to an activating group) is 1. The van der Waals surface area contributed by atoms with Crippen molar-refractivity contribution >= 4 is 11.6 Å². The summed E-state index contributed by atoms with van der Waals surface area (Å²) >= 11 is 5.95. The molecule has 1 aromatic carbocycles. The lowest BCUT2D eigenvalue weighted by molar-refractivity contribution is 0.0994. The second-order valence-corrected chi connectivity index (χ2v) is 5.27. The first-order valence-electron chi connectivity index (χ1n) is 5.96. The van der Waals surface area contributed by atoms with E-state index in [1.54, 1.807) is 12.1 Å². The average Bonchev–Trinajstić information content (AvgIpc) is 2.29. The highest BCUT2D eigenvalue weighted by Crippen LogP contribution is 2.23. The third-order valence-electron chi connectivity index (χ3n) is 3.48. The molecule has 0 aromatic heterocycles. The molecule has 0 amide bonds. The molecule has 1 saturated heterocycles. The molecule has 0 spiro atoms.